The number of anilines is 1. The summed E-state index contributed by atoms with van der Waals surface area (Å²) in [7, 11) is 2.02. The predicted octanol–water partition coefficient (Wildman–Crippen LogP) is 5.74. The minimum atomic E-state index is -4.31. The van der Waals surface area contributed by atoms with Crippen LogP contribution in [0.3, 0.4) is 0 Å². The van der Waals surface area contributed by atoms with Gasteiger partial charge >= 0.3 is 6.18 Å². The number of hydrogen-bond acceptors (Lipinski definition) is 4. The maximum absolute atomic E-state index is 12.7. The predicted molar refractivity (Wildman–Crippen MR) is 126 cm³/mol. The molecule has 0 spiro atoms. The van der Waals surface area contributed by atoms with E-state index in [4.69, 9.17) is 4.74 Å². The molecule has 1 aliphatic heterocycles. The molecule has 0 bridgehead atoms. The fraction of sp³-hybridized carbons (Fsp3) is 0.538. The number of aliphatic hydroxyl groups is 1. The van der Waals surface area contributed by atoms with Crippen LogP contribution in [0.1, 0.15) is 50.2 Å². The highest BCUT2D eigenvalue weighted by Crippen LogP contribution is 2.30. The lowest BCUT2D eigenvalue weighted by Gasteiger charge is -2.39. The largest absolute Gasteiger partial charge is 0.494 e. The van der Waals surface area contributed by atoms with Gasteiger partial charge in [-0.25, -0.2) is 0 Å². The monoisotopic (exact) mass is 464 g/mol. The molecule has 3 rings (SSSR count). The van der Waals surface area contributed by atoms with Crippen molar-refractivity contribution in [1.82, 2.24) is 4.90 Å². The normalized spacial score (nSPS) is 16.5. The third-order valence-electron chi connectivity index (χ3n) is 6.43. The zero-order valence-electron chi connectivity index (χ0n) is 19.6. The lowest BCUT2D eigenvalue weighted by Crippen LogP contribution is -2.45. The number of nitrogens with zero attached hydrogens (tertiary/aromatic N) is 2. The summed E-state index contributed by atoms with van der Waals surface area (Å²) < 4.78 is 43.9. The van der Waals surface area contributed by atoms with E-state index in [1.165, 1.54) is 0 Å². The first-order chi connectivity index (χ1) is 15.7. The molecule has 0 atom stereocenters. The molecule has 1 fully saturated rings. The van der Waals surface area contributed by atoms with Crippen molar-refractivity contribution < 1.29 is 23.0 Å². The van der Waals surface area contributed by atoms with Gasteiger partial charge in [-0.15, -0.1) is 0 Å². The summed E-state index contributed by atoms with van der Waals surface area (Å²) in [4.78, 5) is 4.33. The Morgan fingerprint density at radius 1 is 1.03 bits per heavy atom. The van der Waals surface area contributed by atoms with Crippen LogP contribution in [-0.2, 0) is 12.7 Å². The van der Waals surface area contributed by atoms with Crippen molar-refractivity contribution in [3.05, 3.63) is 59.7 Å². The second-order valence-corrected chi connectivity index (χ2v) is 9.06. The summed E-state index contributed by atoms with van der Waals surface area (Å²) in [6, 6.07) is 13.4. The molecule has 182 valence electrons. The molecule has 0 aromatic heterocycles. The van der Waals surface area contributed by atoms with E-state index in [1.807, 2.05) is 31.3 Å². The molecule has 0 aliphatic carbocycles. The molecule has 2 aromatic rings. The molecular weight excluding hydrogens is 429 g/mol. The van der Waals surface area contributed by atoms with Crippen LogP contribution in [0.5, 0.6) is 5.75 Å². The van der Waals surface area contributed by atoms with Gasteiger partial charge < -0.3 is 14.7 Å². The average Bonchev–Trinajstić information content (AvgIpc) is 2.80. The number of benzene rings is 2. The highest BCUT2D eigenvalue weighted by molar-refractivity contribution is 5.48. The molecule has 2 aromatic carbocycles. The molecule has 1 heterocycles. The number of halogens is 3. The lowest BCUT2D eigenvalue weighted by molar-refractivity contribution is -0.137. The number of likely N-dealkylation sites (tertiary alicyclic amines) is 1. The third-order valence-corrected chi connectivity index (χ3v) is 6.43. The van der Waals surface area contributed by atoms with E-state index in [9.17, 15) is 18.3 Å². The zero-order valence-corrected chi connectivity index (χ0v) is 19.6. The van der Waals surface area contributed by atoms with Crippen molar-refractivity contribution in [2.24, 2.45) is 0 Å². The van der Waals surface area contributed by atoms with Gasteiger partial charge in [0.15, 0.2) is 0 Å². The highest BCUT2D eigenvalue weighted by atomic mass is 19.4. The van der Waals surface area contributed by atoms with E-state index in [1.54, 1.807) is 12.1 Å². The summed E-state index contributed by atoms with van der Waals surface area (Å²) >= 11 is 0. The summed E-state index contributed by atoms with van der Waals surface area (Å²) in [6.45, 7) is 5.66. The van der Waals surface area contributed by atoms with Gasteiger partial charge in [0, 0.05) is 38.9 Å². The van der Waals surface area contributed by atoms with Gasteiger partial charge in [-0.1, -0.05) is 25.5 Å². The number of unbranched alkanes of at least 4 members (excludes halogenated alkanes) is 1. The number of hydrogen-bond donors (Lipinski definition) is 1. The summed E-state index contributed by atoms with van der Waals surface area (Å²) in [6.07, 6.45) is -0.167. The van der Waals surface area contributed by atoms with Crippen LogP contribution in [0.4, 0.5) is 18.9 Å². The number of ether oxygens (including phenoxy) is 1. The van der Waals surface area contributed by atoms with Gasteiger partial charge in [0.25, 0.3) is 0 Å². The zero-order chi connectivity index (χ0) is 23.9. The smallest absolute Gasteiger partial charge is 0.416 e. The van der Waals surface area contributed by atoms with Gasteiger partial charge in [-0.05, 0) is 67.6 Å². The highest BCUT2D eigenvalue weighted by Gasteiger charge is 2.33. The van der Waals surface area contributed by atoms with E-state index in [-0.39, 0.29) is 0 Å². The Morgan fingerprint density at radius 3 is 2.24 bits per heavy atom. The molecule has 33 heavy (non-hydrogen) atoms. The molecule has 0 amide bonds. The van der Waals surface area contributed by atoms with Gasteiger partial charge in [0.05, 0.1) is 17.8 Å². The fourth-order valence-electron chi connectivity index (χ4n) is 4.07. The van der Waals surface area contributed by atoms with Gasteiger partial charge in [-0.3, -0.25) is 4.90 Å². The van der Waals surface area contributed by atoms with Crippen LogP contribution in [0.2, 0.25) is 0 Å². The lowest BCUT2D eigenvalue weighted by atomic mass is 9.88. The SMILES string of the molecule is CCCCOc1ccc(N(C)CCC2(O)CCN(Cc3ccc(C(F)(F)F)cc3)CC2)cc1. The first kappa shape index (κ1) is 25.4. The molecule has 7 heteroatoms. The molecule has 1 N–H and O–H groups in total. The Balaban J connectivity index is 1.43. The van der Waals surface area contributed by atoms with Crippen LogP contribution in [0, 0.1) is 0 Å². The average molecular weight is 465 g/mol. The first-order valence-electron chi connectivity index (χ1n) is 11.7. The molecule has 1 aliphatic rings. The van der Waals surface area contributed by atoms with Crippen LogP contribution >= 0.6 is 0 Å². The molecular formula is C26H35F3N2O2. The van der Waals surface area contributed by atoms with E-state index in [2.05, 4.69) is 16.7 Å². The third kappa shape index (κ3) is 7.64. The molecule has 0 saturated carbocycles. The second kappa shape index (κ2) is 11.3. The van der Waals surface area contributed by atoms with Gasteiger partial charge in [0.2, 0.25) is 0 Å². The van der Waals surface area contributed by atoms with Crippen LogP contribution in [0.25, 0.3) is 0 Å². The van der Waals surface area contributed by atoms with Crippen molar-refractivity contribution in [2.45, 2.75) is 57.3 Å². The van der Waals surface area contributed by atoms with Crippen molar-refractivity contribution in [3.63, 3.8) is 0 Å². The van der Waals surface area contributed by atoms with E-state index >= 15 is 0 Å². The molecule has 4 nitrogen and oxygen atoms in total. The van der Waals surface area contributed by atoms with Crippen molar-refractivity contribution >= 4 is 5.69 Å². The standard InChI is InChI=1S/C26H35F3N2O2/c1-3-4-19-33-24-11-9-23(10-12-24)30(2)16-13-25(32)14-17-31(18-15-25)20-21-5-7-22(8-6-21)26(27,28)29/h5-12,32H,3-4,13-20H2,1-2H3. The topological polar surface area (TPSA) is 35.9 Å². The Hall–Kier alpha value is -2.25. The van der Waals surface area contributed by atoms with Crippen molar-refractivity contribution in [2.75, 3.05) is 38.2 Å². The quantitative estimate of drug-likeness (QED) is 0.455. The van der Waals surface area contributed by atoms with E-state index < -0.39 is 17.3 Å². The van der Waals surface area contributed by atoms with Crippen molar-refractivity contribution in [1.29, 1.82) is 0 Å². The molecule has 1 saturated heterocycles. The Bertz CT molecular complexity index is 845. The van der Waals surface area contributed by atoms with Crippen LogP contribution < -0.4 is 9.64 Å². The van der Waals surface area contributed by atoms with Gasteiger partial charge in [0.1, 0.15) is 5.75 Å². The summed E-state index contributed by atoms with van der Waals surface area (Å²) in [5.41, 5.74) is 0.604. The fourth-order valence-corrected chi connectivity index (χ4v) is 4.07. The van der Waals surface area contributed by atoms with Crippen LogP contribution in [0.15, 0.2) is 48.5 Å². The summed E-state index contributed by atoms with van der Waals surface area (Å²) in [5.74, 6) is 0.875. The second-order valence-electron chi connectivity index (χ2n) is 9.06. The maximum atomic E-state index is 12.7. The maximum Gasteiger partial charge on any atom is 0.416 e. The minimum Gasteiger partial charge on any atom is -0.494 e. The molecule has 0 radical (unpaired) electrons. The minimum absolute atomic E-state index is 0.598. The van der Waals surface area contributed by atoms with Crippen molar-refractivity contribution in [3.8, 4) is 5.75 Å². The Morgan fingerprint density at radius 2 is 1.67 bits per heavy atom. The summed E-state index contributed by atoms with van der Waals surface area (Å²) in [5, 5.41) is 11.0. The van der Waals surface area contributed by atoms with Crippen LogP contribution in [-0.4, -0.2) is 48.9 Å². The Labute approximate surface area is 195 Å². The Kier molecular flexibility index (Phi) is 8.65. The van der Waals surface area contributed by atoms with E-state index in [0.717, 1.165) is 68.2 Å². The van der Waals surface area contributed by atoms with E-state index in [0.29, 0.717) is 25.8 Å². The number of rotatable bonds is 10. The van der Waals surface area contributed by atoms with Gasteiger partial charge in [-0.2, -0.15) is 13.2 Å². The molecule has 0 unspecified atom stereocenters. The first-order valence-corrected chi connectivity index (χ1v) is 11.7. The number of piperidine rings is 1. The number of alkyl halides is 3.